The molecule has 0 bridgehead atoms. The smallest absolute Gasteiger partial charge is 0.139 e. The molecule has 0 aromatic heterocycles. The number of aryl methyl sites for hydroxylation is 1. The molecule has 0 N–H and O–H groups in total. The van der Waals surface area contributed by atoms with E-state index < -0.39 is 0 Å². The lowest BCUT2D eigenvalue weighted by Crippen LogP contribution is -2.40. The second-order valence-electron chi connectivity index (χ2n) is 4.12. The van der Waals surface area contributed by atoms with Gasteiger partial charge in [0.15, 0.2) is 0 Å². The predicted octanol–water partition coefficient (Wildman–Crippen LogP) is 1.59. The quantitative estimate of drug-likeness (QED) is 0.710. The number of hydrogen-bond donors (Lipinski definition) is 0. The normalized spacial score (nSPS) is 14.9. The molecule has 0 spiro atoms. The van der Waals surface area contributed by atoms with Gasteiger partial charge < -0.3 is 14.6 Å². The summed E-state index contributed by atoms with van der Waals surface area (Å²) in [5, 5.41) is 0. The summed E-state index contributed by atoms with van der Waals surface area (Å²) in [6, 6.07) is 3.35. The fourth-order valence-electron chi connectivity index (χ4n) is 2.01. The van der Waals surface area contributed by atoms with Gasteiger partial charge in [-0.1, -0.05) is 0 Å². The molecule has 0 saturated heterocycles. The third-order valence-electron chi connectivity index (χ3n) is 3.01. The lowest BCUT2D eigenvalue weighted by atomic mass is 10.1. The first-order valence-corrected chi connectivity index (χ1v) is 5.33. The number of benzene rings is 1. The molecule has 0 amide bonds. The van der Waals surface area contributed by atoms with Crippen molar-refractivity contribution in [1.82, 2.24) is 0 Å². The van der Waals surface area contributed by atoms with Crippen LogP contribution in [-0.2, 0) is 4.79 Å². The van der Waals surface area contributed by atoms with Crippen LogP contribution in [0.5, 0.6) is 0 Å². The van der Waals surface area contributed by atoms with Crippen molar-refractivity contribution in [3.8, 4) is 0 Å². The molecule has 0 saturated carbocycles. The number of fused-ring (bicyclic) bond motifs is 1. The third kappa shape index (κ3) is 1.75. The molecule has 0 fully saturated rings. The van der Waals surface area contributed by atoms with Crippen LogP contribution in [0.15, 0.2) is 12.1 Å². The van der Waals surface area contributed by atoms with E-state index in [2.05, 4.69) is 4.90 Å². The van der Waals surface area contributed by atoms with Crippen molar-refractivity contribution in [1.29, 1.82) is 0 Å². The average Bonchev–Trinajstić information content (AvgIpc) is 2.25. The molecular formula is C12H15FN2O. The topological polar surface area (TPSA) is 23.6 Å². The zero-order chi connectivity index (χ0) is 11.7. The molecule has 0 unspecified atom stereocenters. The maximum atomic E-state index is 13.5. The zero-order valence-corrected chi connectivity index (χ0v) is 9.53. The van der Waals surface area contributed by atoms with Gasteiger partial charge in [-0.3, -0.25) is 0 Å². The molecule has 2 rings (SSSR count). The number of hydrogen-bond acceptors (Lipinski definition) is 3. The summed E-state index contributed by atoms with van der Waals surface area (Å²) in [7, 11) is 1.98. The Balaban J connectivity index is 2.47. The first-order valence-electron chi connectivity index (χ1n) is 5.33. The summed E-state index contributed by atoms with van der Waals surface area (Å²) in [5.41, 5.74) is 2.44. The molecule has 0 aliphatic carbocycles. The maximum absolute atomic E-state index is 13.5. The number of halogens is 1. The lowest BCUT2D eigenvalue weighted by Gasteiger charge is -2.36. The lowest BCUT2D eigenvalue weighted by molar-refractivity contribution is -0.106. The Kier molecular flexibility index (Phi) is 2.81. The van der Waals surface area contributed by atoms with Gasteiger partial charge in [0.05, 0.1) is 17.9 Å². The van der Waals surface area contributed by atoms with Crippen molar-refractivity contribution in [3.05, 3.63) is 23.5 Å². The van der Waals surface area contributed by atoms with Gasteiger partial charge in [-0.2, -0.15) is 0 Å². The van der Waals surface area contributed by atoms with E-state index in [0.29, 0.717) is 12.1 Å². The van der Waals surface area contributed by atoms with Gasteiger partial charge in [0, 0.05) is 20.1 Å². The van der Waals surface area contributed by atoms with Crippen LogP contribution in [0.4, 0.5) is 15.8 Å². The van der Waals surface area contributed by atoms with E-state index in [-0.39, 0.29) is 5.82 Å². The number of anilines is 2. The van der Waals surface area contributed by atoms with Crippen LogP contribution in [0.25, 0.3) is 0 Å². The molecule has 3 nitrogen and oxygen atoms in total. The highest BCUT2D eigenvalue weighted by Gasteiger charge is 2.21. The second kappa shape index (κ2) is 4.12. The molecular weight excluding hydrogens is 207 g/mol. The molecule has 86 valence electrons. The van der Waals surface area contributed by atoms with E-state index in [1.165, 1.54) is 6.07 Å². The highest BCUT2D eigenvalue weighted by Crippen LogP contribution is 2.33. The summed E-state index contributed by atoms with van der Waals surface area (Å²) in [6.07, 6.45) is 0.854. The van der Waals surface area contributed by atoms with Crippen LogP contribution < -0.4 is 9.80 Å². The maximum Gasteiger partial charge on any atom is 0.139 e. The van der Waals surface area contributed by atoms with Crippen molar-refractivity contribution < 1.29 is 9.18 Å². The molecule has 1 aliphatic heterocycles. The fraction of sp³-hybridized carbons (Fsp3) is 0.417. The summed E-state index contributed by atoms with van der Waals surface area (Å²) in [4.78, 5) is 14.6. The summed E-state index contributed by atoms with van der Waals surface area (Å²) < 4.78 is 13.5. The molecule has 16 heavy (non-hydrogen) atoms. The Hall–Kier alpha value is -1.58. The Morgan fingerprint density at radius 1 is 1.38 bits per heavy atom. The van der Waals surface area contributed by atoms with Crippen LogP contribution in [-0.4, -0.2) is 33.0 Å². The SMILES string of the molecule is Cc1cc2c(cc1F)N(CC=O)CCN2C. The fourth-order valence-corrected chi connectivity index (χ4v) is 2.01. The van der Waals surface area contributed by atoms with Crippen LogP contribution in [0.2, 0.25) is 0 Å². The number of carbonyl (C=O) groups excluding carboxylic acids is 1. The molecule has 1 aliphatic rings. The van der Waals surface area contributed by atoms with Crippen molar-refractivity contribution in [3.63, 3.8) is 0 Å². The average molecular weight is 222 g/mol. The second-order valence-corrected chi connectivity index (χ2v) is 4.12. The number of nitrogens with zero attached hydrogens (tertiary/aromatic N) is 2. The van der Waals surface area contributed by atoms with E-state index >= 15 is 0 Å². The van der Waals surface area contributed by atoms with E-state index in [1.807, 2.05) is 18.0 Å². The number of carbonyl (C=O) groups is 1. The van der Waals surface area contributed by atoms with E-state index in [9.17, 15) is 9.18 Å². The summed E-state index contributed by atoms with van der Waals surface area (Å²) in [6.45, 7) is 3.68. The first kappa shape index (κ1) is 10.9. The molecule has 0 radical (unpaired) electrons. The van der Waals surface area contributed by atoms with Crippen LogP contribution in [0, 0.1) is 12.7 Å². The first-order chi connectivity index (χ1) is 7.63. The zero-order valence-electron chi connectivity index (χ0n) is 9.53. The summed E-state index contributed by atoms with van der Waals surface area (Å²) in [5.74, 6) is -0.218. The van der Waals surface area contributed by atoms with E-state index in [0.717, 1.165) is 30.8 Å². The Bertz CT molecular complexity index is 420. The van der Waals surface area contributed by atoms with Crippen molar-refractivity contribution >= 4 is 17.7 Å². The Labute approximate surface area is 94.5 Å². The van der Waals surface area contributed by atoms with Gasteiger partial charge in [0.2, 0.25) is 0 Å². The Morgan fingerprint density at radius 3 is 2.81 bits per heavy atom. The minimum atomic E-state index is -0.218. The van der Waals surface area contributed by atoms with Crippen molar-refractivity contribution in [2.24, 2.45) is 0 Å². The molecule has 1 aromatic carbocycles. The van der Waals surface area contributed by atoms with Gasteiger partial charge in [0.1, 0.15) is 12.1 Å². The molecule has 1 heterocycles. The predicted molar refractivity (Wildman–Crippen MR) is 62.7 cm³/mol. The van der Waals surface area contributed by atoms with Crippen molar-refractivity contribution in [2.45, 2.75) is 6.92 Å². The van der Waals surface area contributed by atoms with E-state index in [4.69, 9.17) is 0 Å². The van der Waals surface area contributed by atoms with E-state index in [1.54, 1.807) is 6.92 Å². The van der Waals surface area contributed by atoms with Crippen LogP contribution >= 0.6 is 0 Å². The van der Waals surface area contributed by atoms with Crippen LogP contribution in [0.1, 0.15) is 5.56 Å². The molecule has 1 aromatic rings. The van der Waals surface area contributed by atoms with Crippen LogP contribution in [0.3, 0.4) is 0 Å². The number of likely N-dealkylation sites (N-methyl/N-ethyl adjacent to an activating group) is 1. The number of aldehydes is 1. The standard InChI is InChI=1S/C12H15FN2O/c1-9-7-11-12(8-10(9)13)15(5-6-16)4-3-14(11)2/h6-8H,3-5H2,1-2H3. The highest BCUT2D eigenvalue weighted by atomic mass is 19.1. The Morgan fingerprint density at radius 2 is 2.12 bits per heavy atom. The minimum Gasteiger partial charge on any atom is -0.371 e. The molecule has 0 atom stereocenters. The van der Waals surface area contributed by atoms with Crippen molar-refractivity contribution in [2.75, 3.05) is 36.5 Å². The third-order valence-corrected chi connectivity index (χ3v) is 3.01. The van der Waals surface area contributed by atoms with Gasteiger partial charge in [-0.25, -0.2) is 4.39 Å². The van der Waals surface area contributed by atoms with Gasteiger partial charge >= 0.3 is 0 Å². The highest BCUT2D eigenvalue weighted by molar-refractivity contribution is 5.76. The number of rotatable bonds is 2. The monoisotopic (exact) mass is 222 g/mol. The molecule has 4 heteroatoms. The largest absolute Gasteiger partial charge is 0.371 e. The van der Waals surface area contributed by atoms with Gasteiger partial charge in [0.25, 0.3) is 0 Å². The minimum absolute atomic E-state index is 0.218. The van der Waals surface area contributed by atoms with Gasteiger partial charge in [-0.15, -0.1) is 0 Å². The van der Waals surface area contributed by atoms with Gasteiger partial charge in [-0.05, 0) is 24.6 Å². The summed E-state index contributed by atoms with van der Waals surface area (Å²) >= 11 is 0.